The Balaban J connectivity index is 2.26. The molecule has 0 aromatic heterocycles. The Morgan fingerprint density at radius 1 is 1.46 bits per heavy atom. The predicted octanol–water partition coefficient (Wildman–Crippen LogP) is 1.24. The highest BCUT2D eigenvalue weighted by molar-refractivity contribution is 5.70. The van der Waals surface area contributed by atoms with Gasteiger partial charge in [-0.1, -0.05) is 12.2 Å². The summed E-state index contributed by atoms with van der Waals surface area (Å²) in [5.41, 5.74) is 0. The number of hydrogen-bond acceptors (Lipinski definition) is 3. The van der Waals surface area contributed by atoms with Crippen LogP contribution in [-0.4, -0.2) is 29.3 Å². The maximum absolute atomic E-state index is 11.2. The first kappa shape index (κ1) is 9.80. The predicted molar refractivity (Wildman–Crippen MR) is 47.8 cm³/mol. The smallest absolute Gasteiger partial charge is 0.417 e. The number of amides is 1. The van der Waals surface area contributed by atoms with Crippen molar-refractivity contribution in [2.45, 2.75) is 12.8 Å². The van der Waals surface area contributed by atoms with Crippen molar-refractivity contribution in [3.05, 3.63) is 24.6 Å². The summed E-state index contributed by atoms with van der Waals surface area (Å²) in [6.07, 6.45) is 8.00. The third kappa shape index (κ3) is 3.29. The number of aliphatic hydroxyl groups is 1. The van der Waals surface area contributed by atoms with Gasteiger partial charge < -0.3 is 9.84 Å². The number of hydrogen-bond donors (Lipinski definition) is 1. The topological polar surface area (TPSA) is 49.8 Å². The number of nitrogens with zero attached hydrogens (tertiary/aromatic N) is 1. The molecule has 0 aromatic rings. The highest BCUT2D eigenvalue weighted by atomic mass is 16.6. The van der Waals surface area contributed by atoms with Gasteiger partial charge in [0.25, 0.3) is 0 Å². The first-order valence-electron chi connectivity index (χ1n) is 4.24. The minimum absolute atomic E-state index is 0.0406. The number of ether oxygens (including phenoxy) is 1. The summed E-state index contributed by atoms with van der Waals surface area (Å²) in [5.74, 6) is 0. The molecule has 0 spiro atoms. The van der Waals surface area contributed by atoms with Gasteiger partial charge in [0, 0.05) is 25.4 Å². The van der Waals surface area contributed by atoms with Crippen LogP contribution in [0.25, 0.3) is 0 Å². The van der Waals surface area contributed by atoms with E-state index in [1.807, 2.05) is 12.2 Å². The molecule has 0 atom stereocenters. The number of allylic oxidation sites excluding steroid dienone is 2. The average Bonchev–Trinajstić information content (AvgIpc) is 2.19. The van der Waals surface area contributed by atoms with Crippen molar-refractivity contribution in [2.24, 2.45) is 0 Å². The summed E-state index contributed by atoms with van der Waals surface area (Å²) < 4.78 is 4.85. The largest absolute Gasteiger partial charge is 0.449 e. The highest BCUT2D eigenvalue weighted by Gasteiger charge is 2.09. The summed E-state index contributed by atoms with van der Waals surface area (Å²) in [6, 6.07) is 0. The first-order valence-corrected chi connectivity index (χ1v) is 4.24. The molecule has 1 heterocycles. The monoisotopic (exact) mass is 183 g/mol. The Kier molecular flexibility index (Phi) is 4.05. The van der Waals surface area contributed by atoms with Gasteiger partial charge in [-0.3, -0.25) is 4.90 Å². The maximum atomic E-state index is 11.2. The fourth-order valence-corrected chi connectivity index (χ4v) is 0.897. The zero-order valence-corrected chi connectivity index (χ0v) is 7.35. The van der Waals surface area contributed by atoms with Crippen LogP contribution in [0.1, 0.15) is 12.8 Å². The maximum Gasteiger partial charge on any atom is 0.417 e. The summed E-state index contributed by atoms with van der Waals surface area (Å²) in [7, 11) is 0. The average molecular weight is 183 g/mol. The molecule has 4 heteroatoms. The summed E-state index contributed by atoms with van der Waals surface area (Å²) in [5, 5.41) is 8.46. The van der Waals surface area contributed by atoms with E-state index in [2.05, 4.69) is 0 Å². The molecule has 0 unspecified atom stereocenters. The zero-order valence-electron chi connectivity index (χ0n) is 7.35. The quantitative estimate of drug-likeness (QED) is 0.670. The van der Waals surface area contributed by atoms with Crippen LogP contribution in [0, 0.1) is 0 Å². The van der Waals surface area contributed by atoms with E-state index in [1.54, 1.807) is 12.4 Å². The van der Waals surface area contributed by atoms with Crippen molar-refractivity contribution >= 4 is 6.09 Å². The van der Waals surface area contributed by atoms with Gasteiger partial charge in [-0.25, -0.2) is 4.79 Å². The molecule has 1 N–H and O–H groups in total. The van der Waals surface area contributed by atoms with Crippen molar-refractivity contribution in [1.82, 2.24) is 4.90 Å². The highest BCUT2D eigenvalue weighted by Crippen LogP contribution is 2.04. The Morgan fingerprint density at radius 3 is 2.77 bits per heavy atom. The van der Waals surface area contributed by atoms with Crippen molar-refractivity contribution in [1.29, 1.82) is 0 Å². The number of carbonyl (C=O) groups is 1. The molecule has 4 nitrogen and oxygen atoms in total. The van der Waals surface area contributed by atoms with Crippen LogP contribution in [0.3, 0.4) is 0 Å². The SMILES string of the molecule is O=C(OCCCO)N1C=CCC=C1. The second-order valence-electron chi connectivity index (χ2n) is 2.60. The zero-order chi connectivity index (χ0) is 9.52. The second-order valence-corrected chi connectivity index (χ2v) is 2.60. The van der Waals surface area contributed by atoms with Gasteiger partial charge in [0.2, 0.25) is 0 Å². The standard InChI is InChI=1S/C9H13NO3/c11-7-4-8-13-9(12)10-5-2-1-3-6-10/h2-3,5-6,11H,1,4,7-8H2. The molecule has 0 aliphatic carbocycles. The van der Waals surface area contributed by atoms with Crippen LogP contribution in [0.4, 0.5) is 4.79 Å². The molecule has 0 bridgehead atoms. The van der Waals surface area contributed by atoms with Crippen LogP contribution in [0.15, 0.2) is 24.6 Å². The number of carbonyl (C=O) groups excluding carboxylic acids is 1. The molecule has 0 radical (unpaired) electrons. The first-order chi connectivity index (χ1) is 6.34. The molecule has 1 aliphatic heterocycles. The van der Waals surface area contributed by atoms with Gasteiger partial charge in [0.05, 0.1) is 6.61 Å². The molecule has 1 amide bonds. The van der Waals surface area contributed by atoms with Gasteiger partial charge in [-0.2, -0.15) is 0 Å². The van der Waals surface area contributed by atoms with Crippen LogP contribution >= 0.6 is 0 Å². The van der Waals surface area contributed by atoms with E-state index in [-0.39, 0.29) is 13.2 Å². The Bertz CT molecular complexity index is 211. The van der Waals surface area contributed by atoms with Crippen LogP contribution in [0.2, 0.25) is 0 Å². The lowest BCUT2D eigenvalue weighted by atomic mass is 10.3. The van der Waals surface area contributed by atoms with Crippen molar-refractivity contribution in [3.8, 4) is 0 Å². The van der Waals surface area contributed by atoms with Crippen LogP contribution < -0.4 is 0 Å². The van der Waals surface area contributed by atoms with Gasteiger partial charge >= 0.3 is 6.09 Å². The summed E-state index contributed by atoms with van der Waals surface area (Å²) in [4.78, 5) is 12.6. The molecule has 0 aromatic carbocycles. The van der Waals surface area contributed by atoms with E-state index in [4.69, 9.17) is 9.84 Å². The van der Waals surface area contributed by atoms with E-state index in [1.165, 1.54) is 4.90 Å². The summed E-state index contributed by atoms with van der Waals surface area (Å²) >= 11 is 0. The van der Waals surface area contributed by atoms with Crippen molar-refractivity contribution < 1.29 is 14.6 Å². The lowest BCUT2D eigenvalue weighted by Gasteiger charge is -2.15. The number of rotatable bonds is 3. The Hall–Kier alpha value is -1.29. The minimum Gasteiger partial charge on any atom is -0.449 e. The van der Waals surface area contributed by atoms with E-state index < -0.39 is 6.09 Å². The Labute approximate surface area is 77.1 Å². The van der Waals surface area contributed by atoms with Gasteiger partial charge in [0.1, 0.15) is 0 Å². The molecule has 0 saturated carbocycles. The van der Waals surface area contributed by atoms with Gasteiger partial charge in [0.15, 0.2) is 0 Å². The normalized spacial score (nSPS) is 14.7. The fourth-order valence-electron chi connectivity index (χ4n) is 0.897. The van der Waals surface area contributed by atoms with Crippen molar-refractivity contribution in [3.63, 3.8) is 0 Å². The van der Waals surface area contributed by atoms with E-state index in [0.717, 1.165) is 6.42 Å². The van der Waals surface area contributed by atoms with Gasteiger partial charge in [-0.05, 0) is 6.42 Å². The molecule has 0 saturated heterocycles. The summed E-state index contributed by atoms with van der Waals surface area (Å²) in [6.45, 7) is 0.298. The lowest BCUT2D eigenvalue weighted by molar-refractivity contribution is 0.118. The molecule has 13 heavy (non-hydrogen) atoms. The van der Waals surface area contributed by atoms with Gasteiger partial charge in [-0.15, -0.1) is 0 Å². The molecule has 72 valence electrons. The van der Waals surface area contributed by atoms with Crippen LogP contribution in [-0.2, 0) is 4.74 Å². The second kappa shape index (κ2) is 5.37. The molecular weight excluding hydrogens is 170 g/mol. The molecule has 1 rings (SSSR count). The van der Waals surface area contributed by atoms with E-state index >= 15 is 0 Å². The third-order valence-corrected chi connectivity index (χ3v) is 1.54. The number of aliphatic hydroxyl groups excluding tert-OH is 1. The fraction of sp³-hybridized carbons (Fsp3) is 0.444. The molecular formula is C9H13NO3. The van der Waals surface area contributed by atoms with Crippen molar-refractivity contribution in [2.75, 3.05) is 13.2 Å². The lowest BCUT2D eigenvalue weighted by Crippen LogP contribution is -2.22. The molecule has 1 aliphatic rings. The van der Waals surface area contributed by atoms with Crippen LogP contribution in [0.5, 0.6) is 0 Å². The van der Waals surface area contributed by atoms with E-state index in [0.29, 0.717) is 6.42 Å². The van der Waals surface area contributed by atoms with E-state index in [9.17, 15) is 4.79 Å². The molecule has 0 fully saturated rings. The Morgan fingerprint density at radius 2 is 2.15 bits per heavy atom. The minimum atomic E-state index is -0.402. The third-order valence-electron chi connectivity index (χ3n) is 1.54.